The molecule has 6 nitrogen and oxygen atoms in total. The highest BCUT2D eigenvalue weighted by Crippen LogP contribution is 2.38. The second-order valence-electron chi connectivity index (χ2n) is 7.73. The van der Waals surface area contributed by atoms with E-state index in [2.05, 4.69) is 0 Å². The van der Waals surface area contributed by atoms with Gasteiger partial charge < -0.3 is 14.4 Å². The van der Waals surface area contributed by atoms with Gasteiger partial charge in [0.25, 0.3) is 0 Å². The molecule has 0 radical (unpaired) electrons. The molecule has 0 N–H and O–H groups in total. The van der Waals surface area contributed by atoms with Crippen molar-refractivity contribution in [1.29, 1.82) is 0 Å². The molecule has 0 atom stereocenters. The van der Waals surface area contributed by atoms with Crippen molar-refractivity contribution in [2.24, 2.45) is 0 Å². The van der Waals surface area contributed by atoms with Crippen LogP contribution in [0, 0.1) is 5.82 Å². The minimum absolute atomic E-state index is 0.00537. The number of benzene rings is 2. The predicted molar refractivity (Wildman–Crippen MR) is 109 cm³/mol. The van der Waals surface area contributed by atoms with Crippen LogP contribution in [0.3, 0.4) is 0 Å². The molecular formula is C22H24FNO5S. The smallest absolute Gasteiger partial charge is 0.227 e. The van der Waals surface area contributed by atoms with Crippen LogP contribution < -0.4 is 4.90 Å². The molecule has 1 fully saturated rings. The number of halogens is 1. The minimum atomic E-state index is -3.95. The molecule has 1 amide bonds. The molecule has 4 rings (SSSR count). The van der Waals surface area contributed by atoms with Gasteiger partial charge in [-0.05, 0) is 53.9 Å². The van der Waals surface area contributed by atoms with Gasteiger partial charge in [0, 0.05) is 52.3 Å². The van der Waals surface area contributed by atoms with Crippen molar-refractivity contribution in [2.75, 3.05) is 32.3 Å². The molecule has 2 aromatic carbocycles. The summed E-state index contributed by atoms with van der Waals surface area (Å²) in [5, 5.41) is 0. The van der Waals surface area contributed by atoms with E-state index in [1.165, 1.54) is 23.1 Å². The van der Waals surface area contributed by atoms with Crippen molar-refractivity contribution in [1.82, 2.24) is 0 Å². The summed E-state index contributed by atoms with van der Waals surface area (Å²) in [6.07, 6.45) is 1.84. The second-order valence-corrected chi connectivity index (χ2v) is 9.68. The molecule has 2 heterocycles. The lowest BCUT2D eigenvalue weighted by Gasteiger charge is -2.36. The van der Waals surface area contributed by atoms with E-state index >= 15 is 0 Å². The summed E-state index contributed by atoms with van der Waals surface area (Å²) >= 11 is 0. The SMILES string of the molecule is COC1(c2cc(F)cc(S(=O)(=O)c3ccc4c(c3)CCC(=O)N4C)c2)CCOCC1. The normalized spacial score (nSPS) is 18.9. The predicted octanol–water partition coefficient (Wildman–Crippen LogP) is 3.22. The van der Waals surface area contributed by atoms with E-state index in [0.29, 0.717) is 50.1 Å². The van der Waals surface area contributed by atoms with Crippen LogP contribution in [0.25, 0.3) is 0 Å². The molecule has 1 saturated heterocycles. The second kappa shape index (κ2) is 7.76. The molecule has 0 spiro atoms. The number of carbonyl (C=O) groups excluding carboxylic acids is 1. The third kappa shape index (κ3) is 3.53. The van der Waals surface area contributed by atoms with E-state index < -0.39 is 21.3 Å². The van der Waals surface area contributed by atoms with Crippen molar-refractivity contribution >= 4 is 21.4 Å². The van der Waals surface area contributed by atoms with Crippen LogP contribution in [0.2, 0.25) is 0 Å². The lowest BCUT2D eigenvalue weighted by Crippen LogP contribution is -2.35. The van der Waals surface area contributed by atoms with Gasteiger partial charge in [-0.2, -0.15) is 0 Å². The number of fused-ring (bicyclic) bond motifs is 1. The Balaban J connectivity index is 1.77. The highest BCUT2D eigenvalue weighted by molar-refractivity contribution is 7.91. The van der Waals surface area contributed by atoms with E-state index in [-0.39, 0.29) is 15.7 Å². The maximum Gasteiger partial charge on any atom is 0.227 e. The van der Waals surface area contributed by atoms with E-state index in [9.17, 15) is 17.6 Å². The number of methoxy groups -OCH3 is 1. The molecule has 30 heavy (non-hydrogen) atoms. The van der Waals surface area contributed by atoms with Crippen molar-refractivity contribution in [3.8, 4) is 0 Å². The summed E-state index contributed by atoms with van der Waals surface area (Å²) in [7, 11) is -0.733. The quantitative estimate of drug-likeness (QED) is 0.740. The number of carbonyl (C=O) groups is 1. The van der Waals surface area contributed by atoms with Crippen molar-refractivity contribution in [3.05, 3.63) is 53.3 Å². The molecule has 2 aliphatic rings. The Kier molecular flexibility index (Phi) is 5.42. The molecule has 160 valence electrons. The number of nitrogens with zero attached hydrogens (tertiary/aromatic N) is 1. The van der Waals surface area contributed by atoms with Gasteiger partial charge in [0.1, 0.15) is 5.82 Å². The molecule has 0 aliphatic carbocycles. The maximum atomic E-state index is 14.5. The molecule has 2 aliphatic heterocycles. The highest BCUT2D eigenvalue weighted by Gasteiger charge is 2.36. The first-order valence-corrected chi connectivity index (χ1v) is 11.3. The van der Waals surface area contributed by atoms with Gasteiger partial charge in [0.05, 0.1) is 15.4 Å². The van der Waals surface area contributed by atoms with Crippen LogP contribution in [-0.2, 0) is 36.1 Å². The van der Waals surface area contributed by atoms with Gasteiger partial charge in [0.2, 0.25) is 15.7 Å². The Hall–Kier alpha value is -2.29. The molecule has 2 aromatic rings. The lowest BCUT2D eigenvalue weighted by molar-refractivity contribution is -0.118. The van der Waals surface area contributed by atoms with E-state index in [1.54, 1.807) is 26.3 Å². The summed E-state index contributed by atoms with van der Waals surface area (Å²) < 4.78 is 52.3. The van der Waals surface area contributed by atoms with Crippen LogP contribution in [0.15, 0.2) is 46.2 Å². The monoisotopic (exact) mass is 433 g/mol. The van der Waals surface area contributed by atoms with Crippen molar-refractivity contribution < 1.29 is 27.1 Å². The fourth-order valence-electron chi connectivity index (χ4n) is 4.23. The molecule has 0 bridgehead atoms. The van der Waals surface area contributed by atoms with Crippen LogP contribution in [0.4, 0.5) is 10.1 Å². The van der Waals surface area contributed by atoms with E-state index in [1.807, 2.05) is 0 Å². The van der Waals surface area contributed by atoms with Gasteiger partial charge >= 0.3 is 0 Å². The molecule has 0 aromatic heterocycles. The molecule has 8 heteroatoms. The number of ether oxygens (including phenoxy) is 2. The standard InChI is InChI=1S/C22H24FNO5S/c1-24-20-5-4-18(11-15(20)3-6-21(24)25)30(26,27)19-13-16(12-17(23)14-19)22(28-2)7-9-29-10-8-22/h4-5,11-14H,3,6-10H2,1-2H3. The Morgan fingerprint density at radius 2 is 1.80 bits per heavy atom. The number of hydrogen-bond acceptors (Lipinski definition) is 5. The number of rotatable bonds is 4. The zero-order valence-electron chi connectivity index (χ0n) is 17.0. The van der Waals surface area contributed by atoms with Gasteiger partial charge in [-0.15, -0.1) is 0 Å². The molecule has 0 unspecified atom stereocenters. The van der Waals surface area contributed by atoms with Crippen LogP contribution >= 0.6 is 0 Å². The largest absolute Gasteiger partial charge is 0.381 e. The first kappa shape index (κ1) is 21.0. The van der Waals surface area contributed by atoms with Crippen LogP contribution in [0.1, 0.15) is 30.4 Å². The van der Waals surface area contributed by atoms with Gasteiger partial charge in [-0.3, -0.25) is 4.79 Å². The minimum Gasteiger partial charge on any atom is -0.381 e. The van der Waals surface area contributed by atoms with E-state index in [4.69, 9.17) is 9.47 Å². The fraction of sp³-hybridized carbons (Fsp3) is 0.409. The molecular weight excluding hydrogens is 409 g/mol. The number of amides is 1. The van der Waals surface area contributed by atoms with Crippen LogP contribution in [0.5, 0.6) is 0 Å². The summed E-state index contributed by atoms with van der Waals surface area (Å²) in [6, 6.07) is 8.56. The van der Waals surface area contributed by atoms with Gasteiger partial charge in [0.15, 0.2) is 0 Å². The van der Waals surface area contributed by atoms with Crippen LogP contribution in [-0.4, -0.2) is 41.7 Å². The van der Waals surface area contributed by atoms with Crippen molar-refractivity contribution in [3.63, 3.8) is 0 Å². The zero-order chi connectivity index (χ0) is 21.5. The summed E-state index contributed by atoms with van der Waals surface area (Å²) in [5.41, 5.74) is 1.21. The first-order valence-electron chi connectivity index (χ1n) is 9.85. The first-order chi connectivity index (χ1) is 14.3. The average Bonchev–Trinajstić information content (AvgIpc) is 2.76. The number of hydrogen-bond donors (Lipinski definition) is 0. The third-order valence-electron chi connectivity index (χ3n) is 6.10. The fourth-order valence-corrected chi connectivity index (χ4v) is 5.60. The Labute approximate surface area is 175 Å². The number of aryl methyl sites for hydroxylation is 1. The summed E-state index contributed by atoms with van der Waals surface area (Å²) in [6.45, 7) is 0.924. The number of anilines is 1. The highest BCUT2D eigenvalue weighted by atomic mass is 32.2. The van der Waals surface area contributed by atoms with Crippen molar-refractivity contribution in [2.45, 2.75) is 41.1 Å². The van der Waals surface area contributed by atoms with E-state index in [0.717, 1.165) is 11.6 Å². The zero-order valence-corrected chi connectivity index (χ0v) is 17.8. The van der Waals surface area contributed by atoms with Gasteiger partial charge in [-0.1, -0.05) is 0 Å². The summed E-state index contributed by atoms with van der Waals surface area (Å²) in [4.78, 5) is 13.4. The maximum absolute atomic E-state index is 14.5. The Bertz CT molecular complexity index is 1090. The Morgan fingerprint density at radius 3 is 2.50 bits per heavy atom. The lowest BCUT2D eigenvalue weighted by atomic mass is 9.86. The van der Waals surface area contributed by atoms with Gasteiger partial charge in [-0.25, -0.2) is 12.8 Å². The summed E-state index contributed by atoms with van der Waals surface area (Å²) in [5.74, 6) is -0.633. The molecule has 0 saturated carbocycles. The third-order valence-corrected chi connectivity index (χ3v) is 7.83. The average molecular weight is 434 g/mol. The Morgan fingerprint density at radius 1 is 1.07 bits per heavy atom. The number of sulfone groups is 1. The topological polar surface area (TPSA) is 72.9 Å².